The zero-order valence-electron chi connectivity index (χ0n) is 74.3. The zero-order chi connectivity index (χ0) is 84.7. The highest BCUT2D eigenvalue weighted by atomic mass is 14.9. The fourth-order valence-corrected chi connectivity index (χ4v) is 12.0. The summed E-state index contributed by atoms with van der Waals surface area (Å²) < 4.78 is 0. The van der Waals surface area contributed by atoms with Crippen molar-refractivity contribution in [1.82, 2.24) is 44.9 Å². The van der Waals surface area contributed by atoms with Crippen LogP contribution in [0.2, 0.25) is 0 Å². The highest BCUT2D eigenvalue weighted by Gasteiger charge is 2.09. The van der Waals surface area contributed by atoms with Crippen molar-refractivity contribution < 1.29 is 0 Å². The van der Waals surface area contributed by atoms with Crippen LogP contribution >= 0.6 is 0 Å². The summed E-state index contributed by atoms with van der Waals surface area (Å²) in [4.78, 5) is 40.4. The van der Waals surface area contributed by atoms with Crippen LogP contribution in [0.3, 0.4) is 0 Å². The molecule has 0 spiro atoms. The van der Waals surface area contributed by atoms with Crippen molar-refractivity contribution in [3.8, 4) is 0 Å². The molecule has 0 saturated heterocycles. The van der Waals surface area contributed by atoms with Gasteiger partial charge in [-0.3, -0.25) is 34.9 Å². The number of pyridine rings is 7. The van der Waals surface area contributed by atoms with Crippen LogP contribution in [0.1, 0.15) is 170 Å². The Morgan fingerprint density at radius 3 is 1.01 bits per heavy atom. The molecule has 0 aliphatic carbocycles. The highest BCUT2D eigenvalue weighted by Crippen LogP contribution is 2.31. The predicted octanol–water partition coefficient (Wildman–Crippen LogP) is 31.0. The van der Waals surface area contributed by atoms with Crippen LogP contribution in [0, 0.1) is 90.9 Å². The van der Waals surface area contributed by atoms with Gasteiger partial charge >= 0.3 is 0 Å². The number of benzene rings is 10. The van der Waals surface area contributed by atoms with Gasteiger partial charge in [0.15, 0.2) is 0 Å². The summed E-state index contributed by atoms with van der Waals surface area (Å²) in [5.41, 5.74) is 14.6. The lowest BCUT2D eigenvalue weighted by Gasteiger charge is -2.07. The third-order valence-electron chi connectivity index (χ3n) is 16.6. The zero-order valence-corrected chi connectivity index (χ0v) is 74.3. The Morgan fingerprint density at radius 1 is 0.190 bits per heavy atom. The van der Waals surface area contributed by atoms with E-state index in [0.29, 0.717) is 0 Å². The van der Waals surface area contributed by atoms with E-state index in [1.165, 1.54) is 64.6 Å². The number of fused-ring (bicyclic) bond motifs is 18. The van der Waals surface area contributed by atoms with Crippen LogP contribution in [-0.4, -0.2) is 44.9 Å². The van der Waals surface area contributed by atoms with E-state index in [1.807, 2.05) is 96.4 Å². The predicted molar refractivity (Wildman–Crippen MR) is 510 cm³/mol. The molecule has 0 radical (unpaired) electrons. The standard InChI is InChI=1S/C15H13N.C14H12N2.2C14H11N.2C13H10N2.6C4H10/c1-10-9-15-13(11(2)16-10)8-7-12-5-3-4-6-14(12)15;1-9-3-5-11-7-8-12-6-4-10(2)16-14(12)13(11)15-9;1-10-11-6-2-3-7-12(11)13-8-4-5-9-14(13)15-10;1-10-6-8-13-12-5-3-2-4-11(12)7-9-14(13)15-10;1-9-4-5-11-7-6-10-3-2-8-14-12(10)13(11)15-9;1-9-14-8-11-7-6-10-4-2-3-5-12(10)13(11)15-9;6*1-4(2)3/h3-9H,1-2H3;3-8H,1-2H3;2*2-9H,1H3;2*2-8H,1H3;6*4H,1-3H3. The molecular formula is C107H127N9. The number of hydrogen-bond donors (Lipinski definition) is 0. The van der Waals surface area contributed by atoms with Gasteiger partial charge in [0.1, 0.15) is 5.82 Å². The van der Waals surface area contributed by atoms with Crippen LogP contribution in [0.5, 0.6) is 0 Å². The lowest BCUT2D eigenvalue weighted by molar-refractivity contribution is 0.736. The maximum absolute atomic E-state index is 4.60. The Bertz CT molecular complexity index is 5880. The molecule has 0 N–H and O–H groups in total. The van der Waals surface area contributed by atoms with E-state index in [9.17, 15) is 0 Å². The van der Waals surface area contributed by atoms with E-state index in [0.717, 1.165) is 147 Å². The van der Waals surface area contributed by atoms with Gasteiger partial charge < -0.3 is 0 Å². The summed E-state index contributed by atoms with van der Waals surface area (Å²) in [7, 11) is 0. The van der Waals surface area contributed by atoms with Crippen molar-refractivity contribution in [3.63, 3.8) is 0 Å². The molecule has 600 valence electrons. The molecule has 0 fully saturated rings. The molecular weight excluding hydrogens is 1410 g/mol. The molecule has 8 aromatic heterocycles. The molecule has 0 bridgehead atoms. The number of hydrogen-bond acceptors (Lipinski definition) is 9. The van der Waals surface area contributed by atoms with Crippen LogP contribution in [0.4, 0.5) is 0 Å². The molecule has 116 heavy (non-hydrogen) atoms. The molecule has 18 rings (SSSR count). The molecule has 0 unspecified atom stereocenters. The largest absolute Gasteiger partial charge is 0.258 e. The maximum Gasteiger partial charge on any atom is 0.125 e. The fourth-order valence-electron chi connectivity index (χ4n) is 12.0. The second-order valence-corrected chi connectivity index (χ2v) is 33.6. The summed E-state index contributed by atoms with van der Waals surface area (Å²) in [6.45, 7) is 55.1. The molecule has 0 aliphatic rings. The van der Waals surface area contributed by atoms with E-state index in [1.54, 1.807) is 0 Å². The molecule has 0 saturated carbocycles. The smallest absolute Gasteiger partial charge is 0.125 e. The van der Waals surface area contributed by atoms with Gasteiger partial charge in [0.25, 0.3) is 0 Å². The summed E-state index contributed by atoms with van der Waals surface area (Å²) in [6, 6.07) is 85.8. The Hall–Kier alpha value is -11.6. The molecule has 0 aliphatic heterocycles. The highest BCUT2D eigenvalue weighted by molar-refractivity contribution is 6.10. The first-order chi connectivity index (χ1) is 55.3. The minimum Gasteiger partial charge on any atom is -0.258 e. The van der Waals surface area contributed by atoms with Crippen molar-refractivity contribution in [3.05, 3.63) is 307 Å². The Balaban J connectivity index is 0.000000182. The topological polar surface area (TPSA) is 116 Å². The fraction of sp³-hybridized carbons (Fsp3) is 0.299. The lowest BCUT2D eigenvalue weighted by Crippen LogP contribution is -1.89. The van der Waals surface area contributed by atoms with Gasteiger partial charge in [-0.2, -0.15) is 0 Å². The molecule has 18 aromatic rings. The number of rotatable bonds is 0. The Kier molecular flexibility index (Phi) is 36.0. The van der Waals surface area contributed by atoms with Crippen molar-refractivity contribution in [2.24, 2.45) is 35.5 Å². The van der Waals surface area contributed by atoms with E-state index in [-0.39, 0.29) is 0 Å². The second-order valence-electron chi connectivity index (χ2n) is 33.6. The van der Waals surface area contributed by atoms with E-state index < -0.39 is 0 Å². The number of para-hydroxylation sites is 1. The Morgan fingerprint density at radius 2 is 0.500 bits per heavy atom. The monoisotopic (exact) mass is 1540 g/mol. The minimum atomic E-state index is 0.818. The number of nitrogens with zero attached hydrogens (tertiary/aromatic N) is 9. The number of aromatic nitrogens is 9. The minimum absolute atomic E-state index is 0.818. The second kappa shape index (κ2) is 45.5. The molecule has 10 aromatic carbocycles. The first-order valence-electron chi connectivity index (χ1n) is 41.4. The van der Waals surface area contributed by atoms with E-state index in [2.05, 4.69) is 390 Å². The van der Waals surface area contributed by atoms with Gasteiger partial charge in [0.2, 0.25) is 0 Å². The summed E-state index contributed by atoms with van der Waals surface area (Å²) in [6.07, 6.45) is 3.69. The molecule has 9 nitrogen and oxygen atoms in total. The van der Waals surface area contributed by atoms with Crippen molar-refractivity contribution in [2.45, 2.75) is 180 Å². The van der Waals surface area contributed by atoms with Crippen LogP contribution in [0.15, 0.2) is 261 Å². The van der Waals surface area contributed by atoms with Gasteiger partial charge in [-0.05, 0) is 177 Å². The first-order valence-corrected chi connectivity index (χ1v) is 41.4. The molecule has 0 amide bonds. The lowest BCUT2D eigenvalue weighted by atomic mass is 10.0. The van der Waals surface area contributed by atoms with Gasteiger partial charge in [-0.1, -0.05) is 325 Å². The average molecular weight is 1540 g/mol. The van der Waals surface area contributed by atoms with Crippen molar-refractivity contribution in [2.75, 3.05) is 0 Å². The van der Waals surface area contributed by atoms with Gasteiger partial charge in [0.05, 0.1) is 38.6 Å². The SMILES string of the molecule is CC(C)C.CC(C)C.CC(C)C.CC(C)C.CC(C)C.CC(C)C.Cc1cc2c(ccc3ccccc32)c(C)n1.Cc1ccc2c(ccc3ccccc32)n1.Cc1ccc2ccc3ccc(C)nc3c2n1.Cc1ccc2ccc3cccnc3c2n1.Cc1nc2ccccc2c2ccccc12.Cc1ncc2ccc3ccccc3c2n1. The molecule has 8 heterocycles. The van der Waals surface area contributed by atoms with Crippen LogP contribution < -0.4 is 0 Å². The first kappa shape index (κ1) is 91.6. The quantitative estimate of drug-likeness (QED) is 0.137. The third-order valence-corrected chi connectivity index (χ3v) is 16.6. The average Bonchev–Trinajstić information content (AvgIpc) is 0.741. The van der Waals surface area contributed by atoms with Crippen LogP contribution in [-0.2, 0) is 0 Å². The molecule has 0 atom stereocenters. The summed E-state index contributed by atoms with van der Waals surface area (Å²) >= 11 is 0. The van der Waals surface area contributed by atoms with Gasteiger partial charge in [-0.15, -0.1) is 0 Å². The third kappa shape index (κ3) is 28.5. The van der Waals surface area contributed by atoms with Gasteiger partial charge in [-0.25, -0.2) is 9.97 Å². The van der Waals surface area contributed by atoms with E-state index in [4.69, 9.17) is 0 Å². The van der Waals surface area contributed by atoms with Gasteiger partial charge in [0, 0.05) is 106 Å². The molecule has 9 heteroatoms. The van der Waals surface area contributed by atoms with E-state index >= 15 is 0 Å². The Labute approximate surface area is 693 Å². The maximum atomic E-state index is 4.60. The normalized spacial score (nSPS) is 10.6. The number of aryl methyl sites for hydroxylation is 8. The van der Waals surface area contributed by atoms with Crippen LogP contribution in [0.25, 0.3) is 130 Å². The van der Waals surface area contributed by atoms with Crippen molar-refractivity contribution in [1.29, 1.82) is 0 Å². The summed E-state index contributed by atoms with van der Waals surface area (Å²) in [5.74, 6) is 5.82. The van der Waals surface area contributed by atoms with Crippen molar-refractivity contribution >= 4 is 130 Å². The summed E-state index contributed by atoms with van der Waals surface area (Å²) in [5, 5.41) is 20.8.